The molecule has 1 rings (SSSR count). The Hall–Kier alpha value is -3.52. The molecule has 0 aliphatic heterocycles. The summed E-state index contributed by atoms with van der Waals surface area (Å²) >= 11 is 0. The van der Waals surface area contributed by atoms with Gasteiger partial charge in [0.1, 0.15) is 6.04 Å². The zero-order valence-electron chi connectivity index (χ0n) is 13.7. The fraction of sp³-hybridized carbons (Fsp3) is 0.385. The SMILES string of the molecule is Nc1nc(C(=O)N[C@H](CCO)C(=O)O)c(N)nc1C(=O)N[C@H](CO)C(=O)O. The smallest absolute Gasteiger partial charge is 0.328 e. The normalized spacial score (nSPS) is 12.7. The molecule has 0 aromatic carbocycles. The van der Waals surface area contributed by atoms with Gasteiger partial charge in [-0.05, 0) is 0 Å². The van der Waals surface area contributed by atoms with Gasteiger partial charge in [-0.3, -0.25) is 9.59 Å². The predicted molar refractivity (Wildman–Crippen MR) is 87.4 cm³/mol. The highest BCUT2D eigenvalue weighted by Gasteiger charge is 2.26. The van der Waals surface area contributed by atoms with Gasteiger partial charge in [0.2, 0.25) is 0 Å². The number of aliphatic hydroxyl groups excluding tert-OH is 2. The second-order valence-corrected chi connectivity index (χ2v) is 5.11. The third-order valence-corrected chi connectivity index (χ3v) is 3.19. The lowest BCUT2D eigenvalue weighted by Gasteiger charge is -2.15. The molecule has 14 heteroatoms. The molecule has 1 aromatic rings. The standard InChI is InChI=1S/C13H18N6O8/c14-8-6(10(22)16-4(1-2-20)12(24)25)18-9(15)7(19-8)11(23)17-5(3-21)13(26)27/h4-5,20-21H,1-3H2,(H2,14,19)(H2,15,18)(H,16,22)(H,17,23)(H,24,25)(H,26,27)/t4-,5-/m1/s1. The minimum atomic E-state index is -1.63. The Morgan fingerprint density at radius 2 is 1.26 bits per heavy atom. The van der Waals surface area contributed by atoms with Crippen LogP contribution in [-0.2, 0) is 9.59 Å². The molecule has 10 N–H and O–H groups in total. The summed E-state index contributed by atoms with van der Waals surface area (Å²) in [4.78, 5) is 53.1. The van der Waals surface area contributed by atoms with E-state index in [4.69, 9.17) is 31.9 Å². The molecule has 0 spiro atoms. The van der Waals surface area contributed by atoms with Crippen molar-refractivity contribution in [3.63, 3.8) is 0 Å². The molecule has 1 heterocycles. The van der Waals surface area contributed by atoms with Crippen molar-refractivity contribution >= 4 is 35.4 Å². The monoisotopic (exact) mass is 386 g/mol. The first-order valence-electron chi connectivity index (χ1n) is 7.34. The lowest BCUT2D eigenvalue weighted by atomic mass is 10.2. The number of aliphatic hydroxyl groups is 2. The number of carboxylic acids is 2. The number of nitrogens with two attached hydrogens (primary N) is 2. The number of anilines is 2. The Morgan fingerprint density at radius 1 is 0.852 bits per heavy atom. The highest BCUT2D eigenvalue weighted by molar-refractivity contribution is 6.02. The third-order valence-electron chi connectivity index (χ3n) is 3.19. The van der Waals surface area contributed by atoms with E-state index in [1.165, 1.54) is 0 Å². The van der Waals surface area contributed by atoms with Gasteiger partial charge < -0.3 is 42.5 Å². The summed E-state index contributed by atoms with van der Waals surface area (Å²) in [5, 5.41) is 39.4. The van der Waals surface area contributed by atoms with Gasteiger partial charge in [0.25, 0.3) is 11.8 Å². The molecule has 0 aliphatic carbocycles. The minimum Gasteiger partial charge on any atom is -0.480 e. The average molecular weight is 386 g/mol. The molecular weight excluding hydrogens is 368 g/mol. The van der Waals surface area contributed by atoms with E-state index < -0.39 is 72.1 Å². The summed E-state index contributed by atoms with van der Waals surface area (Å²) in [6.07, 6.45) is -0.276. The number of aromatic nitrogens is 2. The Morgan fingerprint density at radius 3 is 1.59 bits per heavy atom. The van der Waals surface area contributed by atoms with E-state index in [-0.39, 0.29) is 6.42 Å². The molecular formula is C13H18N6O8. The van der Waals surface area contributed by atoms with E-state index in [1.54, 1.807) is 0 Å². The Labute approximate surface area is 151 Å². The van der Waals surface area contributed by atoms with Gasteiger partial charge in [-0.25, -0.2) is 19.6 Å². The molecule has 0 fully saturated rings. The first-order valence-corrected chi connectivity index (χ1v) is 7.34. The van der Waals surface area contributed by atoms with E-state index >= 15 is 0 Å². The summed E-state index contributed by atoms with van der Waals surface area (Å²) < 4.78 is 0. The quantitative estimate of drug-likeness (QED) is 0.205. The molecule has 0 aliphatic rings. The Bertz CT molecular complexity index is 755. The van der Waals surface area contributed by atoms with Gasteiger partial charge in [0.05, 0.1) is 6.61 Å². The Kier molecular flexibility index (Phi) is 7.38. The van der Waals surface area contributed by atoms with E-state index in [1.807, 2.05) is 5.32 Å². The fourth-order valence-corrected chi connectivity index (χ4v) is 1.82. The maximum absolute atomic E-state index is 12.1. The average Bonchev–Trinajstić information content (AvgIpc) is 2.59. The molecule has 0 radical (unpaired) electrons. The van der Waals surface area contributed by atoms with E-state index in [9.17, 15) is 19.2 Å². The van der Waals surface area contributed by atoms with Gasteiger partial charge in [0, 0.05) is 13.0 Å². The second-order valence-electron chi connectivity index (χ2n) is 5.11. The van der Waals surface area contributed by atoms with Crippen molar-refractivity contribution in [1.29, 1.82) is 0 Å². The van der Waals surface area contributed by atoms with Crippen molar-refractivity contribution in [1.82, 2.24) is 20.6 Å². The summed E-state index contributed by atoms with van der Waals surface area (Å²) in [5.41, 5.74) is 9.93. The van der Waals surface area contributed by atoms with E-state index in [0.29, 0.717) is 0 Å². The molecule has 0 saturated carbocycles. The van der Waals surface area contributed by atoms with E-state index in [2.05, 4.69) is 15.3 Å². The van der Waals surface area contributed by atoms with Crippen molar-refractivity contribution in [2.45, 2.75) is 18.5 Å². The number of nitrogens with one attached hydrogen (secondary N) is 2. The number of carboxylic acid groups (broad SMARTS) is 2. The summed E-state index contributed by atoms with van der Waals surface area (Å²) in [5.74, 6) is -6.23. The molecule has 1 aromatic heterocycles. The van der Waals surface area contributed by atoms with Crippen LogP contribution in [0.25, 0.3) is 0 Å². The molecule has 148 valence electrons. The fourth-order valence-electron chi connectivity index (χ4n) is 1.82. The zero-order valence-corrected chi connectivity index (χ0v) is 13.7. The predicted octanol–water partition coefficient (Wildman–Crippen LogP) is -3.62. The number of nitrogens with zero attached hydrogens (tertiary/aromatic N) is 2. The number of hydrogen-bond donors (Lipinski definition) is 8. The topological polar surface area (TPSA) is 251 Å². The van der Waals surface area contributed by atoms with Crippen LogP contribution in [0.5, 0.6) is 0 Å². The van der Waals surface area contributed by atoms with Crippen LogP contribution >= 0.6 is 0 Å². The van der Waals surface area contributed by atoms with Crippen LogP contribution in [0.3, 0.4) is 0 Å². The molecule has 27 heavy (non-hydrogen) atoms. The van der Waals surface area contributed by atoms with Crippen LogP contribution in [0.15, 0.2) is 0 Å². The number of hydrogen-bond acceptors (Lipinski definition) is 10. The van der Waals surface area contributed by atoms with Crippen molar-refractivity contribution in [3.8, 4) is 0 Å². The summed E-state index contributed by atoms with van der Waals surface area (Å²) in [6, 6.07) is -3.05. The molecule has 2 amide bonds. The third kappa shape index (κ3) is 5.48. The minimum absolute atomic E-state index is 0.276. The van der Waals surface area contributed by atoms with Gasteiger partial charge in [-0.2, -0.15) is 0 Å². The number of carbonyl (C=O) groups excluding carboxylic acids is 2. The maximum atomic E-state index is 12.1. The molecule has 2 atom stereocenters. The molecule has 0 unspecified atom stereocenters. The lowest BCUT2D eigenvalue weighted by molar-refractivity contribution is -0.140. The van der Waals surface area contributed by atoms with Crippen LogP contribution in [0.1, 0.15) is 27.4 Å². The van der Waals surface area contributed by atoms with Gasteiger partial charge in [-0.15, -0.1) is 0 Å². The molecule has 0 bridgehead atoms. The highest BCUT2D eigenvalue weighted by Crippen LogP contribution is 2.14. The number of nitrogen functional groups attached to an aromatic ring is 2. The largest absolute Gasteiger partial charge is 0.480 e. The Balaban J connectivity index is 3.06. The number of amides is 2. The van der Waals surface area contributed by atoms with Gasteiger partial charge in [0.15, 0.2) is 29.1 Å². The zero-order chi connectivity index (χ0) is 20.7. The van der Waals surface area contributed by atoms with Gasteiger partial charge in [-0.1, -0.05) is 0 Å². The van der Waals surface area contributed by atoms with Gasteiger partial charge >= 0.3 is 11.9 Å². The lowest BCUT2D eigenvalue weighted by Crippen LogP contribution is -2.44. The number of rotatable bonds is 9. The van der Waals surface area contributed by atoms with Crippen LogP contribution in [0.2, 0.25) is 0 Å². The number of carbonyl (C=O) groups is 4. The summed E-state index contributed by atoms with van der Waals surface area (Å²) in [6.45, 7) is -1.40. The van der Waals surface area contributed by atoms with Crippen LogP contribution in [-0.4, -0.2) is 79.4 Å². The summed E-state index contributed by atoms with van der Waals surface area (Å²) in [7, 11) is 0. The highest BCUT2D eigenvalue weighted by atomic mass is 16.4. The maximum Gasteiger partial charge on any atom is 0.328 e. The van der Waals surface area contributed by atoms with Crippen molar-refractivity contribution in [2.24, 2.45) is 0 Å². The molecule has 14 nitrogen and oxygen atoms in total. The van der Waals surface area contributed by atoms with Crippen molar-refractivity contribution < 1.29 is 39.6 Å². The van der Waals surface area contributed by atoms with Crippen molar-refractivity contribution in [2.75, 3.05) is 24.7 Å². The van der Waals surface area contributed by atoms with Crippen LogP contribution < -0.4 is 22.1 Å². The second kappa shape index (κ2) is 9.25. The van der Waals surface area contributed by atoms with Crippen LogP contribution in [0, 0.1) is 0 Å². The van der Waals surface area contributed by atoms with Crippen LogP contribution in [0.4, 0.5) is 11.6 Å². The molecule has 0 saturated heterocycles. The first-order chi connectivity index (χ1) is 12.6. The number of aliphatic carboxylic acids is 2. The van der Waals surface area contributed by atoms with Crippen molar-refractivity contribution in [3.05, 3.63) is 11.4 Å². The first kappa shape index (κ1) is 21.5. The van der Waals surface area contributed by atoms with E-state index in [0.717, 1.165) is 0 Å².